The van der Waals surface area contributed by atoms with E-state index in [1.165, 1.54) is 0 Å². The van der Waals surface area contributed by atoms with Crippen molar-refractivity contribution in [2.24, 2.45) is 0 Å². The predicted molar refractivity (Wildman–Crippen MR) is 64.8 cm³/mol. The number of hydrogen-bond acceptors (Lipinski definition) is 3. The van der Waals surface area contributed by atoms with Crippen LogP contribution in [0.25, 0.3) is 0 Å². The van der Waals surface area contributed by atoms with E-state index in [9.17, 15) is 8.42 Å². The summed E-state index contributed by atoms with van der Waals surface area (Å²) in [5, 5.41) is 3.14. The molecule has 16 heavy (non-hydrogen) atoms. The molecule has 0 aromatic heterocycles. The highest BCUT2D eigenvalue weighted by Gasteiger charge is 2.35. The van der Waals surface area contributed by atoms with Crippen molar-refractivity contribution in [3.63, 3.8) is 0 Å². The molecule has 94 valence electrons. The fourth-order valence-electron chi connectivity index (χ4n) is 2.80. The molecule has 2 rings (SSSR count). The highest BCUT2D eigenvalue weighted by atomic mass is 32.2. The fourth-order valence-corrected chi connectivity index (χ4v) is 4.87. The Morgan fingerprint density at radius 2 is 1.62 bits per heavy atom. The molecule has 5 heteroatoms. The van der Waals surface area contributed by atoms with Crippen molar-refractivity contribution in [1.29, 1.82) is 0 Å². The Kier molecular flexibility index (Phi) is 3.87. The van der Waals surface area contributed by atoms with E-state index in [1.54, 1.807) is 4.31 Å². The molecule has 2 aliphatic rings. The van der Waals surface area contributed by atoms with Gasteiger partial charge >= 0.3 is 0 Å². The zero-order chi connectivity index (χ0) is 11.6. The highest BCUT2D eigenvalue weighted by molar-refractivity contribution is 7.89. The molecular formula is C11H22N2O2S. The van der Waals surface area contributed by atoms with Gasteiger partial charge in [-0.05, 0) is 32.7 Å². The van der Waals surface area contributed by atoms with Crippen LogP contribution < -0.4 is 5.32 Å². The summed E-state index contributed by atoms with van der Waals surface area (Å²) >= 11 is 0. The van der Waals surface area contributed by atoms with Crippen LogP contribution in [-0.4, -0.2) is 44.2 Å². The Labute approximate surface area is 98.4 Å². The maximum Gasteiger partial charge on any atom is 0.216 e. The van der Waals surface area contributed by atoms with E-state index < -0.39 is 10.0 Å². The van der Waals surface area contributed by atoms with Crippen molar-refractivity contribution in [3.05, 3.63) is 0 Å². The standard InChI is InChI=1S/C11H22N2O2S/c1-12-10-6-8-13(9-7-10)16(14,15)11-4-2-3-5-11/h10-12H,2-9H2,1H3. The van der Waals surface area contributed by atoms with E-state index in [0.29, 0.717) is 19.1 Å². The Morgan fingerprint density at radius 1 is 1.06 bits per heavy atom. The lowest BCUT2D eigenvalue weighted by Crippen LogP contribution is -2.46. The second-order valence-electron chi connectivity index (χ2n) is 4.91. The summed E-state index contributed by atoms with van der Waals surface area (Å²) in [4.78, 5) is 0. The lowest BCUT2D eigenvalue weighted by atomic mass is 10.1. The van der Waals surface area contributed by atoms with E-state index in [1.807, 2.05) is 7.05 Å². The number of piperidine rings is 1. The molecule has 1 aliphatic heterocycles. The molecule has 0 atom stereocenters. The number of nitrogens with one attached hydrogen (secondary N) is 1. The number of hydrogen-bond donors (Lipinski definition) is 1. The second kappa shape index (κ2) is 5.02. The van der Waals surface area contributed by atoms with Crippen molar-refractivity contribution < 1.29 is 8.42 Å². The van der Waals surface area contributed by atoms with Crippen molar-refractivity contribution in [2.75, 3.05) is 20.1 Å². The maximum atomic E-state index is 12.3. The van der Waals surface area contributed by atoms with E-state index >= 15 is 0 Å². The third-order valence-electron chi connectivity index (χ3n) is 3.95. The lowest BCUT2D eigenvalue weighted by molar-refractivity contribution is 0.295. The monoisotopic (exact) mass is 246 g/mol. The van der Waals surface area contributed by atoms with Gasteiger partial charge in [0.25, 0.3) is 0 Å². The van der Waals surface area contributed by atoms with Gasteiger partial charge < -0.3 is 5.32 Å². The predicted octanol–water partition coefficient (Wildman–Crippen LogP) is 0.943. The molecule has 0 radical (unpaired) electrons. The average Bonchev–Trinajstić information content (AvgIpc) is 2.83. The second-order valence-corrected chi connectivity index (χ2v) is 7.13. The summed E-state index contributed by atoms with van der Waals surface area (Å²) in [7, 11) is -1.04. The van der Waals surface area contributed by atoms with Gasteiger partial charge in [-0.1, -0.05) is 12.8 Å². The van der Waals surface area contributed by atoms with Crippen LogP contribution in [0.15, 0.2) is 0 Å². The zero-order valence-electron chi connectivity index (χ0n) is 9.98. The molecule has 0 amide bonds. The molecule has 0 bridgehead atoms. The van der Waals surface area contributed by atoms with Crippen LogP contribution in [0.5, 0.6) is 0 Å². The number of rotatable bonds is 3. The van der Waals surface area contributed by atoms with Gasteiger partial charge in [0.05, 0.1) is 5.25 Å². The molecule has 1 N–H and O–H groups in total. The van der Waals surface area contributed by atoms with Gasteiger partial charge in [0, 0.05) is 19.1 Å². The van der Waals surface area contributed by atoms with Crippen molar-refractivity contribution >= 4 is 10.0 Å². The van der Waals surface area contributed by atoms with Crippen molar-refractivity contribution in [3.8, 4) is 0 Å². The first-order chi connectivity index (χ1) is 7.64. The molecular weight excluding hydrogens is 224 g/mol. The van der Waals surface area contributed by atoms with Gasteiger partial charge in [-0.3, -0.25) is 0 Å². The summed E-state index contributed by atoms with van der Waals surface area (Å²) in [5.41, 5.74) is 0. The summed E-state index contributed by atoms with van der Waals surface area (Å²) in [6, 6.07) is 0.495. The Morgan fingerprint density at radius 3 is 2.12 bits per heavy atom. The Hall–Kier alpha value is -0.130. The van der Waals surface area contributed by atoms with E-state index in [2.05, 4.69) is 5.32 Å². The summed E-state index contributed by atoms with van der Waals surface area (Å²) in [6.45, 7) is 1.40. The summed E-state index contributed by atoms with van der Waals surface area (Å²) in [5.74, 6) is 0. The smallest absolute Gasteiger partial charge is 0.216 e. The minimum atomic E-state index is -2.99. The van der Waals surface area contributed by atoms with Crippen LogP contribution in [0.2, 0.25) is 0 Å². The van der Waals surface area contributed by atoms with Gasteiger partial charge in [-0.2, -0.15) is 0 Å². The average molecular weight is 246 g/mol. The van der Waals surface area contributed by atoms with Crippen LogP contribution in [0.1, 0.15) is 38.5 Å². The topological polar surface area (TPSA) is 49.4 Å². The van der Waals surface area contributed by atoms with Crippen LogP contribution in [-0.2, 0) is 10.0 Å². The van der Waals surface area contributed by atoms with E-state index in [0.717, 1.165) is 38.5 Å². The quantitative estimate of drug-likeness (QED) is 0.806. The van der Waals surface area contributed by atoms with E-state index in [-0.39, 0.29) is 5.25 Å². The minimum Gasteiger partial charge on any atom is -0.317 e. The number of nitrogens with zero attached hydrogens (tertiary/aromatic N) is 1. The first kappa shape index (κ1) is 12.3. The molecule has 0 spiro atoms. The molecule has 0 unspecified atom stereocenters. The first-order valence-corrected chi connectivity index (χ1v) is 7.81. The highest BCUT2D eigenvalue weighted by Crippen LogP contribution is 2.28. The molecule has 2 fully saturated rings. The third-order valence-corrected chi connectivity index (χ3v) is 6.34. The van der Waals surface area contributed by atoms with Crippen LogP contribution in [0.3, 0.4) is 0 Å². The van der Waals surface area contributed by atoms with Crippen molar-refractivity contribution in [1.82, 2.24) is 9.62 Å². The third kappa shape index (κ3) is 2.41. The SMILES string of the molecule is CNC1CCN(S(=O)(=O)C2CCCC2)CC1. The molecule has 4 nitrogen and oxygen atoms in total. The molecule has 0 aromatic carbocycles. The molecule has 1 saturated heterocycles. The Balaban J connectivity index is 1.97. The minimum absolute atomic E-state index is 0.0846. The van der Waals surface area contributed by atoms with E-state index in [4.69, 9.17) is 0 Å². The molecule has 1 saturated carbocycles. The summed E-state index contributed by atoms with van der Waals surface area (Å²) < 4.78 is 26.3. The first-order valence-electron chi connectivity index (χ1n) is 6.31. The van der Waals surface area contributed by atoms with Crippen LogP contribution >= 0.6 is 0 Å². The van der Waals surface area contributed by atoms with Crippen LogP contribution in [0.4, 0.5) is 0 Å². The lowest BCUT2D eigenvalue weighted by Gasteiger charge is -2.32. The van der Waals surface area contributed by atoms with Gasteiger partial charge in [-0.25, -0.2) is 12.7 Å². The summed E-state index contributed by atoms with van der Waals surface area (Å²) in [6.07, 6.45) is 5.79. The Bertz CT molecular complexity index is 315. The van der Waals surface area contributed by atoms with Gasteiger partial charge in [0.1, 0.15) is 0 Å². The van der Waals surface area contributed by atoms with Gasteiger partial charge in [0.2, 0.25) is 10.0 Å². The number of sulfonamides is 1. The fraction of sp³-hybridized carbons (Fsp3) is 1.00. The largest absolute Gasteiger partial charge is 0.317 e. The van der Waals surface area contributed by atoms with Crippen LogP contribution in [0, 0.1) is 0 Å². The van der Waals surface area contributed by atoms with Crippen molar-refractivity contribution in [2.45, 2.75) is 49.8 Å². The molecule has 1 heterocycles. The maximum absolute atomic E-state index is 12.3. The van der Waals surface area contributed by atoms with Gasteiger partial charge in [0.15, 0.2) is 0 Å². The van der Waals surface area contributed by atoms with Gasteiger partial charge in [-0.15, -0.1) is 0 Å². The normalized spacial score (nSPS) is 26.3. The molecule has 0 aromatic rings. The zero-order valence-corrected chi connectivity index (χ0v) is 10.8. The molecule has 1 aliphatic carbocycles.